The Balaban J connectivity index is 1.99. The molecule has 0 saturated carbocycles. The summed E-state index contributed by atoms with van der Waals surface area (Å²) < 4.78 is 27.4. The van der Waals surface area contributed by atoms with E-state index in [4.69, 9.17) is 0 Å². The zero-order valence-corrected chi connectivity index (χ0v) is 13.1. The predicted molar refractivity (Wildman–Crippen MR) is 83.2 cm³/mol. The molecule has 6 heteroatoms. The van der Waals surface area contributed by atoms with Crippen molar-refractivity contribution in [3.05, 3.63) is 64.1 Å². The topological polar surface area (TPSA) is 20.3 Å². The van der Waals surface area contributed by atoms with Crippen LogP contribution in [-0.4, -0.2) is 11.7 Å². The fraction of sp³-hybridized carbons (Fsp3) is 0.133. The molecule has 1 fully saturated rings. The van der Waals surface area contributed by atoms with Gasteiger partial charge in [-0.1, -0.05) is 22.0 Å². The molecular formula is C15H10BrF2NOS. The largest absolute Gasteiger partial charge is 0.295 e. The normalized spacial score (nSPS) is 18.3. The SMILES string of the molecule is O=C1CSC(c2ccc(F)c(F)c2)N1c1ccc(Br)cc1. The third kappa shape index (κ3) is 2.82. The number of anilines is 1. The summed E-state index contributed by atoms with van der Waals surface area (Å²) in [5.41, 5.74) is 1.32. The van der Waals surface area contributed by atoms with E-state index in [-0.39, 0.29) is 11.3 Å². The molecule has 0 bridgehead atoms. The van der Waals surface area contributed by atoms with Crippen molar-refractivity contribution in [2.24, 2.45) is 0 Å². The Morgan fingerprint density at radius 2 is 1.81 bits per heavy atom. The van der Waals surface area contributed by atoms with E-state index in [0.717, 1.165) is 22.3 Å². The maximum absolute atomic E-state index is 13.4. The summed E-state index contributed by atoms with van der Waals surface area (Å²) in [6, 6.07) is 11.1. The molecule has 2 aromatic rings. The van der Waals surface area contributed by atoms with Crippen LogP contribution in [0, 0.1) is 11.6 Å². The van der Waals surface area contributed by atoms with Gasteiger partial charge in [0.25, 0.3) is 0 Å². The average molecular weight is 370 g/mol. The molecule has 1 atom stereocenters. The third-order valence-electron chi connectivity index (χ3n) is 3.20. The van der Waals surface area contributed by atoms with Crippen LogP contribution in [0.2, 0.25) is 0 Å². The van der Waals surface area contributed by atoms with E-state index in [1.807, 2.05) is 24.3 Å². The van der Waals surface area contributed by atoms with Gasteiger partial charge in [-0.15, -0.1) is 11.8 Å². The zero-order valence-electron chi connectivity index (χ0n) is 10.7. The van der Waals surface area contributed by atoms with Crippen molar-refractivity contribution in [2.75, 3.05) is 10.7 Å². The first-order valence-corrected chi connectivity index (χ1v) is 8.04. The molecule has 1 unspecified atom stereocenters. The number of benzene rings is 2. The molecule has 21 heavy (non-hydrogen) atoms. The van der Waals surface area contributed by atoms with Crippen LogP contribution in [0.1, 0.15) is 10.9 Å². The van der Waals surface area contributed by atoms with Gasteiger partial charge < -0.3 is 0 Å². The molecule has 0 radical (unpaired) electrons. The maximum Gasteiger partial charge on any atom is 0.238 e. The second-order valence-corrected chi connectivity index (χ2v) is 6.56. The number of nitrogens with zero attached hydrogens (tertiary/aromatic N) is 1. The Morgan fingerprint density at radius 3 is 2.48 bits per heavy atom. The molecule has 1 amide bonds. The predicted octanol–water partition coefficient (Wildman–Crippen LogP) is 4.51. The number of hydrogen-bond acceptors (Lipinski definition) is 2. The fourth-order valence-corrected chi connectivity index (χ4v) is 3.65. The first kappa shape index (κ1) is 14.5. The van der Waals surface area contributed by atoms with E-state index in [9.17, 15) is 13.6 Å². The molecule has 1 saturated heterocycles. The molecule has 1 aliphatic rings. The number of rotatable bonds is 2. The Morgan fingerprint density at radius 1 is 1.10 bits per heavy atom. The summed E-state index contributed by atoms with van der Waals surface area (Å²) in [4.78, 5) is 13.7. The van der Waals surface area contributed by atoms with Crippen LogP contribution in [0.15, 0.2) is 46.9 Å². The fourth-order valence-electron chi connectivity index (χ4n) is 2.22. The standard InChI is InChI=1S/C15H10BrF2NOS/c16-10-2-4-11(5-3-10)19-14(20)8-21-15(19)9-1-6-12(17)13(18)7-9/h1-7,15H,8H2. The van der Waals surface area contributed by atoms with Gasteiger partial charge in [-0.05, 0) is 42.0 Å². The Hall–Kier alpha value is -1.40. The molecule has 108 valence electrons. The highest BCUT2D eigenvalue weighted by Gasteiger charge is 2.34. The molecule has 1 heterocycles. The van der Waals surface area contributed by atoms with Gasteiger partial charge in [0.1, 0.15) is 5.37 Å². The lowest BCUT2D eigenvalue weighted by Gasteiger charge is -2.24. The van der Waals surface area contributed by atoms with Crippen LogP contribution in [0.25, 0.3) is 0 Å². The second kappa shape index (κ2) is 5.77. The van der Waals surface area contributed by atoms with Crippen LogP contribution in [0.4, 0.5) is 14.5 Å². The molecule has 0 aliphatic carbocycles. The minimum Gasteiger partial charge on any atom is -0.295 e. The van der Waals surface area contributed by atoms with Crippen LogP contribution in [0.3, 0.4) is 0 Å². The Kier molecular flexibility index (Phi) is 3.99. The second-order valence-electron chi connectivity index (χ2n) is 4.58. The Labute approximate surface area is 133 Å². The first-order chi connectivity index (χ1) is 10.1. The number of thioether (sulfide) groups is 1. The van der Waals surface area contributed by atoms with Crippen LogP contribution >= 0.6 is 27.7 Å². The highest BCUT2D eigenvalue weighted by atomic mass is 79.9. The van der Waals surface area contributed by atoms with Gasteiger partial charge >= 0.3 is 0 Å². The molecule has 1 aliphatic heterocycles. The molecule has 2 aromatic carbocycles. The number of carbonyl (C=O) groups excluding carboxylic acids is 1. The van der Waals surface area contributed by atoms with E-state index >= 15 is 0 Å². The van der Waals surface area contributed by atoms with Crippen LogP contribution < -0.4 is 4.90 Å². The van der Waals surface area contributed by atoms with Gasteiger partial charge in [0.05, 0.1) is 5.75 Å². The summed E-state index contributed by atoms with van der Waals surface area (Å²) in [6.07, 6.45) is 0. The molecule has 3 rings (SSSR count). The molecule has 2 nitrogen and oxygen atoms in total. The van der Waals surface area contributed by atoms with Crippen molar-refractivity contribution in [3.63, 3.8) is 0 Å². The summed E-state index contributed by atoms with van der Waals surface area (Å²) in [7, 11) is 0. The van der Waals surface area contributed by atoms with Crippen LogP contribution in [0.5, 0.6) is 0 Å². The van der Waals surface area contributed by atoms with Gasteiger partial charge in [0.15, 0.2) is 11.6 Å². The van der Waals surface area contributed by atoms with Crippen molar-refractivity contribution in [2.45, 2.75) is 5.37 Å². The lowest BCUT2D eigenvalue weighted by Crippen LogP contribution is -2.27. The molecule has 0 N–H and O–H groups in total. The summed E-state index contributed by atoms with van der Waals surface area (Å²) in [6.45, 7) is 0. The molecule has 0 spiro atoms. The van der Waals surface area contributed by atoms with Gasteiger partial charge in [0.2, 0.25) is 5.91 Å². The highest BCUT2D eigenvalue weighted by Crippen LogP contribution is 2.42. The first-order valence-electron chi connectivity index (χ1n) is 6.20. The minimum atomic E-state index is -0.900. The van der Waals surface area contributed by atoms with E-state index in [2.05, 4.69) is 15.9 Å². The van der Waals surface area contributed by atoms with E-state index in [1.54, 1.807) is 4.90 Å². The zero-order chi connectivity index (χ0) is 15.0. The van der Waals surface area contributed by atoms with Crippen LogP contribution in [-0.2, 0) is 4.79 Å². The number of carbonyl (C=O) groups is 1. The van der Waals surface area contributed by atoms with Crippen molar-refractivity contribution < 1.29 is 13.6 Å². The quantitative estimate of drug-likeness (QED) is 0.776. The lowest BCUT2D eigenvalue weighted by molar-refractivity contribution is -0.115. The maximum atomic E-state index is 13.4. The van der Waals surface area contributed by atoms with Gasteiger partial charge in [-0.25, -0.2) is 8.78 Å². The minimum absolute atomic E-state index is 0.0444. The van der Waals surface area contributed by atoms with Crippen molar-refractivity contribution in [3.8, 4) is 0 Å². The van der Waals surface area contributed by atoms with Gasteiger partial charge in [-0.3, -0.25) is 9.69 Å². The smallest absolute Gasteiger partial charge is 0.238 e. The van der Waals surface area contributed by atoms with Crippen molar-refractivity contribution >= 4 is 39.3 Å². The van der Waals surface area contributed by atoms with Gasteiger partial charge in [0, 0.05) is 10.2 Å². The monoisotopic (exact) mass is 369 g/mol. The van der Waals surface area contributed by atoms with Gasteiger partial charge in [-0.2, -0.15) is 0 Å². The van der Waals surface area contributed by atoms with Crippen molar-refractivity contribution in [1.82, 2.24) is 0 Å². The number of halogens is 3. The molecular weight excluding hydrogens is 360 g/mol. The van der Waals surface area contributed by atoms with E-state index in [1.165, 1.54) is 17.8 Å². The summed E-state index contributed by atoms with van der Waals surface area (Å²) in [5, 5.41) is -0.339. The third-order valence-corrected chi connectivity index (χ3v) is 4.94. The number of amides is 1. The Bertz CT molecular complexity index is 693. The lowest BCUT2D eigenvalue weighted by atomic mass is 10.1. The van der Waals surface area contributed by atoms with Crippen molar-refractivity contribution in [1.29, 1.82) is 0 Å². The van der Waals surface area contributed by atoms with E-state index < -0.39 is 11.6 Å². The average Bonchev–Trinajstić information content (AvgIpc) is 2.85. The summed E-state index contributed by atoms with van der Waals surface area (Å²) >= 11 is 4.75. The summed E-state index contributed by atoms with van der Waals surface area (Å²) in [5.74, 6) is -1.51. The van der Waals surface area contributed by atoms with E-state index in [0.29, 0.717) is 11.3 Å². The number of hydrogen-bond donors (Lipinski definition) is 0. The molecule has 0 aromatic heterocycles. The highest BCUT2D eigenvalue weighted by molar-refractivity contribution is 9.10.